The fourth-order valence-electron chi connectivity index (χ4n) is 4.89. The van der Waals surface area contributed by atoms with Gasteiger partial charge in [-0.1, -0.05) is 30.2 Å². The SMILES string of the molecule is Cc1ccc(C(=O)Nc2ccc3c(-c4ccc(OC(C)(C)C)cc4)cn(C)c3c2)cc1C#Cc1cnc2cccnn12. The van der Waals surface area contributed by atoms with Gasteiger partial charge in [0.1, 0.15) is 17.0 Å². The highest BCUT2D eigenvalue weighted by molar-refractivity contribution is 6.06. The molecular formula is C35H31N5O2. The molecule has 0 saturated carbocycles. The van der Waals surface area contributed by atoms with Crippen LogP contribution in [-0.4, -0.2) is 30.7 Å². The summed E-state index contributed by atoms with van der Waals surface area (Å²) in [4.78, 5) is 17.6. The Labute approximate surface area is 244 Å². The lowest BCUT2D eigenvalue weighted by Gasteiger charge is -2.21. The monoisotopic (exact) mass is 553 g/mol. The van der Waals surface area contributed by atoms with E-state index in [0.29, 0.717) is 11.3 Å². The smallest absolute Gasteiger partial charge is 0.255 e. The van der Waals surface area contributed by atoms with Crippen molar-refractivity contribution in [1.29, 1.82) is 0 Å². The quantitative estimate of drug-likeness (QED) is 0.238. The third-order valence-electron chi connectivity index (χ3n) is 6.94. The van der Waals surface area contributed by atoms with Crippen LogP contribution in [0.1, 0.15) is 48.0 Å². The molecule has 3 aromatic heterocycles. The van der Waals surface area contributed by atoms with Crippen molar-refractivity contribution in [3.8, 4) is 28.7 Å². The van der Waals surface area contributed by atoms with E-state index >= 15 is 0 Å². The van der Waals surface area contributed by atoms with E-state index in [1.54, 1.807) is 16.9 Å². The summed E-state index contributed by atoms with van der Waals surface area (Å²) in [6, 6.07) is 23.4. The Morgan fingerprint density at radius 1 is 0.976 bits per heavy atom. The number of anilines is 1. The molecule has 1 amide bonds. The number of imidazole rings is 1. The molecule has 7 heteroatoms. The number of aromatic nitrogens is 4. The van der Waals surface area contributed by atoms with Crippen LogP contribution in [0.25, 0.3) is 27.7 Å². The Morgan fingerprint density at radius 3 is 2.57 bits per heavy atom. The summed E-state index contributed by atoms with van der Waals surface area (Å²) in [7, 11) is 2.01. The summed E-state index contributed by atoms with van der Waals surface area (Å²) in [5.41, 5.74) is 7.43. The molecule has 0 radical (unpaired) electrons. The Hall–Kier alpha value is -5.35. The summed E-state index contributed by atoms with van der Waals surface area (Å²) in [5, 5.41) is 8.47. The summed E-state index contributed by atoms with van der Waals surface area (Å²) < 4.78 is 9.75. The Bertz CT molecular complexity index is 2010. The number of ether oxygens (including phenoxy) is 1. The Kier molecular flexibility index (Phi) is 6.75. The minimum Gasteiger partial charge on any atom is -0.488 e. The van der Waals surface area contributed by atoms with E-state index in [9.17, 15) is 4.79 Å². The van der Waals surface area contributed by atoms with Crippen molar-refractivity contribution in [1.82, 2.24) is 19.2 Å². The number of aryl methyl sites for hydroxylation is 2. The number of nitrogens with zero attached hydrogens (tertiary/aromatic N) is 4. The highest BCUT2D eigenvalue weighted by atomic mass is 16.5. The van der Waals surface area contributed by atoms with Crippen LogP contribution in [0.4, 0.5) is 5.69 Å². The van der Waals surface area contributed by atoms with E-state index in [1.807, 2.05) is 89.3 Å². The molecule has 0 aliphatic heterocycles. The molecule has 42 heavy (non-hydrogen) atoms. The fraction of sp³-hybridized carbons (Fsp3) is 0.171. The van der Waals surface area contributed by atoms with Crippen LogP contribution in [0, 0.1) is 18.8 Å². The summed E-state index contributed by atoms with van der Waals surface area (Å²) >= 11 is 0. The molecule has 208 valence electrons. The van der Waals surface area contributed by atoms with E-state index in [4.69, 9.17) is 4.74 Å². The molecule has 0 aliphatic rings. The lowest BCUT2D eigenvalue weighted by atomic mass is 10.0. The number of rotatable bonds is 4. The number of hydrogen-bond donors (Lipinski definition) is 1. The van der Waals surface area contributed by atoms with Crippen molar-refractivity contribution in [2.24, 2.45) is 7.05 Å². The molecule has 0 saturated heterocycles. The van der Waals surface area contributed by atoms with Gasteiger partial charge in [0.2, 0.25) is 0 Å². The van der Waals surface area contributed by atoms with Gasteiger partial charge in [0, 0.05) is 47.2 Å². The maximum absolute atomic E-state index is 13.3. The lowest BCUT2D eigenvalue weighted by Crippen LogP contribution is -2.22. The van der Waals surface area contributed by atoms with E-state index in [1.165, 1.54) is 0 Å². The third kappa shape index (κ3) is 5.48. The minimum atomic E-state index is -0.247. The number of benzene rings is 3. The van der Waals surface area contributed by atoms with Crippen molar-refractivity contribution >= 4 is 28.1 Å². The van der Waals surface area contributed by atoms with E-state index < -0.39 is 0 Å². The molecule has 1 N–H and O–H groups in total. The topological polar surface area (TPSA) is 73.4 Å². The van der Waals surface area contributed by atoms with Crippen molar-refractivity contribution < 1.29 is 9.53 Å². The molecule has 3 heterocycles. The number of carbonyl (C=O) groups is 1. The molecule has 7 nitrogen and oxygen atoms in total. The molecule has 0 spiro atoms. The predicted octanol–water partition coefficient (Wildman–Crippen LogP) is 7.03. The largest absolute Gasteiger partial charge is 0.488 e. The maximum Gasteiger partial charge on any atom is 0.255 e. The molecule has 0 aliphatic carbocycles. The number of amides is 1. The third-order valence-corrected chi connectivity index (χ3v) is 6.94. The zero-order chi connectivity index (χ0) is 29.4. The van der Waals surface area contributed by atoms with Crippen LogP contribution in [0.5, 0.6) is 5.75 Å². The minimum absolute atomic E-state index is 0.197. The first-order valence-corrected chi connectivity index (χ1v) is 13.8. The second kappa shape index (κ2) is 10.6. The second-order valence-electron chi connectivity index (χ2n) is 11.3. The van der Waals surface area contributed by atoms with Gasteiger partial charge in [-0.2, -0.15) is 5.10 Å². The van der Waals surface area contributed by atoms with Gasteiger partial charge in [-0.15, -0.1) is 0 Å². The average molecular weight is 554 g/mol. The summed E-state index contributed by atoms with van der Waals surface area (Å²) in [6.45, 7) is 8.09. The zero-order valence-corrected chi connectivity index (χ0v) is 24.3. The van der Waals surface area contributed by atoms with Gasteiger partial charge in [-0.05, 0) is 93.3 Å². The van der Waals surface area contributed by atoms with Crippen molar-refractivity contribution in [3.05, 3.63) is 114 Å². The highest BCUT2D eigenvalue weighted by Gasteiger charge is 2.14. The molecule has 6 rings (SSSR count). The van der Waals surface area contributed by atoms with Crippen LogP contribution in [-0.2, 0) is 7.05 Å². The van der Waals surface area contributed by atoms with E-state index in [-0.39, 0.29) is 11.5 Å². The normalized spacial score (nSPS) is 11.4. The lowest BCUT2D eigenvalue weighted by molar-refractivity contribution is 0.102. The first kappa shape index (κ1) is 26.9. The fourth-order valence-corrected chi connectivity index (χ4v) is 4.89. The molecule has 0 bridgehead atoms. The van der Waals surface area contributed by atoms with Gasteiger partial charge in [0.05, 0.1) is 11.7 Å². The molecule has 0 unspecified atom stereocenters. The van der Waals surface area contributed by atoms with Gasteiger partial charge in [0.25, 0.3) is 5.91 Å². The van der Waals surface area contributed by atoms with Crippen LogP contribution < -0.4 is 10.1 Å². The average Bonchev–Trinajstić information content (AvgIpc) is 3.52. The number of hydrogen-bond acceptors (Lipinski definition) is 4. The van der Waals surface area contributed by atoms with Crippen molar-refractivity contribution in [2.45, 2.75) is 33.3 Å². The second-order valence-corrected chi connectivity index (χ2v) is 11.3. The van der Waals surface area contributed by atoms with Gasteiger partial charge in [-0.3, -0.25) is 4.79 Å². The number of nitrogens with one attached hydrogen (secondary N) is 1. The maximum atomic E-state index is 13.3. The van der Waals surface area contributed by atoms with Gasteiger partial charge < -0.3 is 14.6 Å². The molecule has 6 aromatic rings. The van der Waals surface area contributed by atoms with Crippen LogP contribution in [0.2, 0.25) is 0 Å². The standard InChI is InChI=1S/C35H31N5O2/c1-23-8-9-26(19-25(23)10-14-28-21-36-33-7-6-18-37-40(28)33)34(41)38-27-13-17-30-31(22-39(5)32(30)20-27)24-11-15-29(16-12-24)42-35(2,3)4/h6-9,11-13,15-22H,1-5H3,(H,38,41). The zero-order valence-electron chi connectivity index (χ0n) is 24.3. The first-order chi connectivity index (χ1) is 20.1. The van der Waals surface area contributed by atoms with Crippen molar-refractivity contribution in [2.75, 3.05) is 5.32 Å². The number of fused-ring (bicyclic) bond motifs is 2. The van der Waals surface area contributed by atoms with Crippen LogP contribution in [0.15, 0.2) is 91.4 Å². The van der Waals surface area contributed by atoms with Gasteiger partial charge in [-0.25, -0.2) is 9.50 Å². The van der Waals surface area contributed by atoms with Crippen LogP contribution in [0.3, 0.4) is 0 Å². The predicted molar refractivity (Wildman–Crippen MR) is 167 cm³/mol. The van der Waals surface area contributed by atoms with E-state index in [0.717, 1.165) is 50.2 Å². The summed E-state index contributed by atoms with van der Waals surface area (Å²) in [5.74, 6) is 6.98. The van der Waals surface area contributed by atoms with Crippen LogP contribution >= 0.6 is 0 Å². The Balaban J connectivity index is 1.23. The van der Waals surface area contributed by atoms with Gasteiger partial charge >= 0.3 is 0 Å². The molecular weight excluding hydrogens is 522 g/mol. The van der Waals surface area contributed by atoms with E-state index in [2.05, 4.69) is 56.2 Å². The first-order valence-electron chi connectivity index (χ1n) is 13.8. The van der Waals surface area contributed by atoms with Crippen molar-refractivity contribution in [3.63, 3.8) is 0 Å². The summed E-state index contributed by atoms with van der Waals surface area (Å²) in [6.07, 6.45) is 5.51. The molecule has 3 aromatic carbocycles. The molecule has 0 fully saturated rings. The van der Waals surface area contributed by atoms with Gasteiger partial charge in [0.15, 0.2) is 5.65 Å². The highest BCUT2D eigenvalue weighted by Crippen LogP contribution is 2.33. The Morgan fingerprint density at radius 2 is 1.79 bits per heavy atom. The number of carbonyl (C=O) groups excluding carboxylic acids is 1. The molecule has 0 atom stereocenters.